The summed E-state index contributed by atoms with van der Waals surface area (Å²) in [6.45, 7) is 4.88. The Balaban J connectivity index is 2.08. The van der Waals surface area contributed by atoms with Crippen molar-refractivity contribution in [1.82, 2.24) is 15.5 Å². The molecule has 0 aliphatic carbocycles. The fraction of sp³-hybridized carbons (Fsp3) is 0.385. The Morgan fingerprint density at radius 1 is 1.28 bits per heavy atom. The molecule has 0 aliphatic heterocycles. The Labute approximate surface area is 106 Å². The summed E-state index contributed by atoms with van der Waals surface area (Å²) in [5, 5.41) is 6.89. The highest BCUT2D eigenvalue weighted by molar-refractivity contribution is 5.29. The van der Waals surface area contributed by atoms with Crippen LogP contribution in [0.3, 0.4) is 0 Å². The van der Waals surface area contributed by atoms with Crippen LogP contribution in [0.5, 0.6) is 5.75 Å². The molecular formula is C13H17N3O2. The standard InChI is InChI=1S/C13H17N3O2/c1-9-4-5-13(12(15-9)7-14-3)17-8-11-6-10(2)16-18-11/h4-6,14H,7-8H2,1-3H3. The van der Waals surface area contributed by atoms with E-state index in [0.29, 0.717) is 18.9 Å². The predicted molar refractivity (Wildman–Crippen MR) is 67.3 cm³/mol. The van der Waals surface area contributed by atoms with Gasteiger partial charge in [0.1, 0.15) is 12.4 Å². The Bertz CT molecular complexity index is 523. The molecule has 0 saturated heterocycles. The van der Waals surface area contributed by atoms with E-state index in [1.807, 2.05) is 39.1 Å². The number of nitrogens with one attached hydrogen (secondary N) is 1. The van der Waals surface area contributed by atoms with Gasteiger partial charge in [-0.1, -0.05) is 5.16 Å². The van der Waals surface area contributed by atoms with Crippen molar-refractivity contribution in [3.8, 4) is 5.75 Å². The third-order valence-corrected chi connectivity index (χ3v) is 2.46. The molecule has 0 fully saturated rings. The van der Waals surface area contributed by atoms with Gasteiger partial charge in [-0.15, -0.1) is 0 Å². The van der Waals surface area contributed by atoms with Gasteiger partial charge in [0.25, 0.3) is 0 Å². The van der Waals surface area contributed by atoms with Gasteiger partial charge < -0.3 is 14.6 Å². The number of pyridine rings is 1. The molecule has 2 heterocycles. The SMILES string of the molecule is CNCc1nc(C)ccc1OCc1cc(C)no1. The maximum atomic E-state index is 5.71. The number of hydrogen-bond acceptors (Lipinski definition) is 5. The lowest BCUT2D eigenvalue weighted by Gasteiger charge is -2.09. The molecule has 0 spiro atoms. The molecule has 0 unspecified atom stereocenters. The molecule has 18 heavy (non-hydrogen) atoms. The topological polar surface area (TPSA) is 60.2 Å². The first-order valence-corrected chi connectivity index (χ1v) is 5.85. The zero-order chi connectivity index (χ0) is 13.0. The minimum atomic E-state index is 0.363. The van der Waals surface area contributed by atoms with Crippen molar-refractivity contribution in [2.75, 3.05) is 7.05 Å². The van der Waals surface area contributed by atoms with E-state index in [2.05, 4.69) is 15.5 Å². The van der Waals surface area contributed by atoms with Gasteiger partial charge in [0, 0.05) is 18.3 Å². The third-order valence-electron chi connectivity index (χ3n) is 2.46. The van der Waals surface area contributed by atoms with Crippen LogP contribution in [0.1, 0.15) is 22.8 Å². The number of aromatic nitrogens is 2. The first-order valence-electron chi connectivity index (χ1n) is 5.85. The van der Waals surface area contributed by atoms with Crippen LogP contribution in [-0.4, -0.2) is 17.2 Å². The first kappa shape index (κ1) is 12.6. The summed E-state index contributed by atoms with van der Waals surface area (Å²) in [7, 11) is 1.88. The number of ether oxygens (including phenoxy) is 1. The fourth-order valence-corrected chi connectivity index (χ4v) is 1.66. The van der Waals surface area contributed by atoms with Gasteiger partial charge in [-0.2, -0.15) is 0 Å². The van der Waals surface area contributed by atoms with E-state index in [-0.39, 0.29) is 0 Å². The number of rotatable bonds is 5. The minimum Gasteiger partial charge on any atom is -0.484 e. The quantitative estimate of drug-likeness (QED) is 0.875. The second kappa shape index (κ2) is 5.64. The molecule has 2 aromatic heterocycles. The average molecular weight is 247 g/mol. The first-order chi connectivity index (χ1) is 8.69. The lowest BCUT2D eigenvalue weighted by Crippen LogP contribution is -2.10. The van der Waals surface area contributed by atoms with Crippen LogP contribution in [0.2, 0.25) is 0 Å². The maximum Gasteiger partial charge on any atom is 0.174 e. The Morgan fingerprint density at radius 2 is 2.11 bits per heavy atom. The lowest BCUT2D eigenvalue weighted by molar-refractivity contribution is 0.245. The lowest BCUT2D eigenvalue weighted by atomic mass is 10.3. The van der Waals surface area contributed by atoms with E-state index in [1.54, 1.807) is 0 Å². The van der Waals surface area contributed by atoms with Crippen LogP contribution in [0, 0.1) is 13.8 Å². The monoisotopic (exact) mass is 247 g/mol. The van der Waals surface area contributed by atoms with Gasteiger partial charge >= 0.3 is 0 Å². The molecule has 0 amide bonds. The molecule has 2 rings (SSSR count). The molecular weight excluding hydrogens is 230 g/mol. The van der Waals surface area contributed by atoms with Crippen LogP contribution in [-0.2, 0) is 13.2 Å². The molecule has 0 aliphatic rings. The summed E-state index contributed by atoms with van der Waals surface area (Å²) in [6, 6.07) is 5.72. The van der Waals surface area contributed by atoms with E-state index in [4.69, 9.17) is 9.26 Å². The maximum absolute atomic E-state index is 5.71. The highest BCUT2D eigenvalue weighted by Gasteiger charge is 2.07. The van der Waals surface area contributed by atoms with E-state index in [1.165, 1.54) is 0 Å². The van der Waals surface area contributed by atoms with Crippen molar-refractivity contribution >= 4 is 0 Å². The van der Waals surface area contributed by atoms with E-state index in [0.717, 1.165) is 22.8 Å². The smallest absolute Gasteiger partial charge is 0.174 e. The normalized spacial score (nSPS) is 10.6. The summed E-state index contributed by atoms with van der Waals surface area (Å²) in [5.74, 6) is 1.48. The van der Waals surface area contributed by atoms with Crippen molar-refractivity contribution in [2.45, 2.75) is 27.0 Å². The minimum absolute atomic E-state index is 0.363. The van der Waals surface area contributed by atoms with Crippen LogP contribution in [0.4, 0.5) is 0 Å². The Morgan fingerprint density at radius 3 is 2.78 bits per heavy atom. The van der Waals surface area contributed by atoms with Crippen LogP contribution >= 0.6 is 0 Å². The molecule has 0 atom stereocenters. The van der Waals surface area contributed by atoms with Gasteiger partial charge in [0.2, 0.25) is 0 Å². The second-order valence-corrected chi connectivity index (χ2v) is 4.15. The van der Waals surface area contributed by atoms with Gasteiger partial charge in [-0.05, 0) is 33.0 Å². The van der Waals surface area contributed by atoms with Gasteiger partial charge in [0.05, 0.1) is 11.4 Å². The average Bonchev–Trinajstić information content (AvgIpc) is 2.75. The van der Waals surface area contributed by atoms with Crippen molar-refractivity contribution in [2.24, 2.45) is 0 Å². The fourth-order valence-electron chi connectivity index (χ4n) is 1.66. The summed E-state index contributed by atoms with van der Waals surface area (Å²) in [5.41, 5.74) is 2.72. The number of aryl methyl sites for hydroxylation is 2. The number of hydrogen-bond donors (Lipinski definition) is 1. The molecule has 0 bridgehead atoms. The summed E-state index contributed by atoms with van der Waals surface area (Å²) in [6.07, 6.45) is 0. The van der Waals surface area contributed by atoms with E-state index >= 15 is 0 Å². The highest BCUT2D eigenvalue weighted by atomic mass is 16.5. The van der Waals surface area contributed by atoms with Gasteiger partial charge in [-0.3, -0.25) is 4.98 Å². The molecule has 0 radical (unpaired) electrons. The van der Waals surface area contributed by atoms with Gasteiger partial charge in [-0.25, -0.2) is 0 Å². The molecule has 1 N–H and O–H groups in total. The second-order valence-electron chi connectivity index (χ2n) is 4.15. The highest BCUT2D eigenvalue weighted by Crippen LogP contribution is 2.18. The van der Waals surface area contributed by atoms with E-state index < -0.39 is 0 Å². The number of nitrogens with zero attached hydrogens (tertiary/aromatic N) is 2. The van der Waals surface area contributed by atoms with Gasteiger partial charge in [0.15, 0.2) is 5.76 Å². The van der Waals surface area contributed by atoms with Crippen LogP contribution < -0.4 is 10.1 Å². The molecule has 5 nitrogen and oxygen atoms in total. The predicted octanol–water partition coefficient (Wildman–Crippen LogP) is 1.98. The Kier molecular flexibility index (Phi) is 3.94. The van der Waals surface area contributed by atoms with Crippen molar-refractivity contribution < 1.29 is 9.26 Å². The largest absolute Gasteiger partial charge is 0.484 e. The van der Waals surface area contributed by atoms with E-state index in [9.17, 15) is 0 Å². The van der Waals surface area contributed by atoms with Crippen molar-refractivity contribution in [3.05, 3.63) is 41.0 Å². The van der Waals surface area contributed by atoms with Crippen molar-refractivity contribution in [3.63, 3.8) is 0 Å². The summed E-state index contributed by atoms with van der Waals surface area (Å²) >= 11 is 0. The summed E-state index contributed by atoms with van der Waals surface area (Å²) < 4.78 is 10.8. The van der Waals surface area contributed by atoms with Crippen LogP contribution in [0.15, 0.2) is 22.7 Å². The molecule has 96 valence electrons. The zero-order valence-corrected chi connectivity index (χ0v) is 10.9. The van der Waals surface area contributed by atoms with Crippen molar-refractivity contribution in [1.29, 1.82) is 0 Å². The third kappa shape index (κ3) is 3.07. The van der Waals surface area contributed by atoms with Crippen LogP contribution in [0.25, 0.3) is 0 Å². The molecule has 0 saturated carbocycles. The molecule has 2 aromatic rings. The molecule has 0 aromatic carbocycles. The molecule has 5 heteroatoms. The zero-order valence-electron chi connectivity index (χ0n) is 10.9. The Hall–Kier alpha value is -1.88. The summed E-state index contributed by atoms with van der Waals surface area (Å²) in [4.78, 5) is 4.45.